The van der Waals surface area contributed by atoms with Gasteiger partial charge in [-0.15, -0.1) is 11.3 Å². The molecule has 116 valence electrons. The number of fused-ring (bicyclic) bond motifs is 1. The standard InChI is InChI=1S/C15H11N3O3S2/c19-14(16-6-10-3-4-18-23-10)13-7-17-15(22-13)9-1-2-11-12(5-9)21-8-20-11/h1-5,7H,6,8H2,(H,16,19). The van der Waals surface area contributed by atoms with Gasteiger partial charge in [0.15, 0.2) is 11.5 Å². The van der Waals surface area contributed by atoms with Crippen LogP contribution in [0.1, 0.15) is 14.5 Å². The van der Waals surface area contributed by atoms with Crippen molar-refractivity contribution in [2.24, 2.45) is 0 Å². The maximum Gasteiger partial charge on any atom is 0.263 e. The maximum absolute atomic E-state index is 12.2. The molecule has 0 saturated carbocycles. The third kappa shape index (κ3) is 2.90. The minimum atomic E-state index is -0.136. The Hall–Kier alpha value is -2.45. The summed E-state index contributed by atoms with van der Waals surface area (Å²) in [5.74, 6) is 1.30. The van der Waals surface area contributed by atoms with Gasteiger partial charge in [0.05, 0.1) is 12.7 Å². The van der Waals surface area contributed by atoms with Crippen LogP contribution in [0.3, 0.4) is 0 Å². The van der Waals surface area contributed by atoms with Crippen LogP contribution < -0.4 is 14.8 Å². The maximum atomic E-state index is 12.2. The SMILES string of the molecule is O=C(NCc1ccns1)c1cnc(-c2ccc3c(c2)OCO3)s1. The van der Waals surface area contributed by atoms with Crippen LogP contribution in [-0.4, -0.2) is 22.1 Å². The number of ether oxygens (including phenoxy) is 2. The molecule has 2 aromatic heterocycles. The van der Waals surface area contributed by atoms with Crippen molar-refractivity contribution in [3.05, 3.63) is 46.4 Å². The average Bonchev–Trinajstić information content (AvgIpc) is 3.32. The Balaban J connectivity index is 1.49. The third-order valence-corrected chi connectivity index (χ3v) is 5.05. The van der Waals surface area contributed by atoms with Gasteiger partial charge < -0.3 is 14.8 Å². The smallest absolute Gasteiger partial charge is 0.263 e. The summed E-state index contributed by atoms with van der Waals surface area (Å²) in [7, 11) is 0. The molecule has 3 aromatic rings. The summed E-state index contributed by atoms with van der Waals surface area (Å²) in [5, 5.41) is 3.63. The van der Waals surface area contributed by atoms with E-state index in [9.17, 15) is 4.79 Å². The van der Waals surface area contributed by atoms with Crippen molar-refractivity contribution in [1.29, 1.82) is 0 Å². The molecular formula is C15H11N3O3S2. The molecule has 0 spiro atoms. The molecule has 4 rings (SSSR count). The monoisotopic (exact) mass is 345 g/mol. The summed E-state index contributed by atoms with van der Waals surface area (Å²) in [6.07, 6.45) is 3.31. The minimum Gasteiger partial charge on any atom is -0.454 e. The van der Waals surface area contributed by atoms with Crippen molar-refractivity contribution in [3.63, 3.8) is 0 Å². The van der Waals surface area contributed by atoms with E-state index >= 15 is 0 Å². The van der Waals surface area contributed by atoms with E-state index in [1.807, 2.05) is 24.3 Å². The van der Waals surface area contributed by atoms with Crippen molar-refractivity contribution >= 4 is 28.8 Å². The summed E-state index contributed by atoms with van der Waals surface area (Å²) in [4.78, 5) is 18.1. The lowest BCUT2D eigenvalue weighted by atomic mass is 10.2. The molecule has 0 aliphatic carbocycles. The van der Waals surface area contributed by atoms with Crippen LogP contribution >= 0.6 is 22.9 Å². The molecule has 1 aliphatic rings. The Bertz CT molecular complexity index is 846. The first-order chi connectivity index (χ1) is 11.3. The number of amides is 1. The first-order valence-corrected chi connectivity index (χ1v) is 8.42. The van der Waals surface area contributed by atoms with Gasteiger partial charge in [0.2, 0.25) is 6.79 Å². The van der Waals surface area contributed by atoms with E-state index in [0.29, 0.717) is 17.2 Å². The van der Waals surface area contributed by atoms with E-state index in [-0.39, 0.29) is 12.7 Å². The Labute approximate surface area is 139 Å². The van der Waals surface area contributed by atoms with Gasteiger partial charge in [0, 0.05) is 16.6 Å². The number of rotatable bonds is 4. The number of benzene rings is 1. The van der Waals surface area contributed by atoms with Gasteiger partial charge in [-0.1, -0.05) is 0 Å². The lowest BCUT2D eigenvalue weighted by Gasteiger charge is -2.00. The minimum absolute atomic E-state index is 0.136. The number of carbonyl (C=O) groups is 1. The molecule has 1 N–H and O–H groups in total. The van der Waals surface area contributed by atoms with Gasteiger partial charge in [-0.3, -0.25) is 4.79 Å². The molecule has 0 unspecified atom stereocenters. The molecule has 0 atom stereocenters. The lowest BCUT2D eigenvalue weighted by Crippen LogP contribution is -2.21. The van der Waals surface area contributed by atoms with Crippen molar-refractivity contribution in [3.8, 4) is 22.1 Å². The van der Waals surface area contributed by atoms with Gasteiger partial charge in [-0.05, 0) is 35.8 Å². The fourth-order valence-electron chi connectivity index (χ4n) is 2.13. The highest BCUT2D eigenvalue weighted by atomic mass is 32.1. The van der Waals surface area contributed by atoms with Crippen LogP contribution in [0, 0.1) is 0 Å². The summed E-state index contributed by atoms with van der Waals surface area (Å²) in [6.45, 7) is 0.711. The van der Waals surface area contributed by atoms with Crippen molar-refractivity contribution < 1.29 is 14.3 Å². The van der Waals surface area contributed by atoms with Crippen LogP contribution in [0.2, 0.25) is 0 Å². The zero-order valence-corrected chi connectivity index (χ0v) is 13.4. The molecule has 0 fully saturated rings. The quantitative estimate of drug-likeness (QED) is 0.787. The normalized spacial score (nSPS) is 12.3. The molecule has 6 nitrogen and oxygen atoms in total. The van der Waals surface area contributed by atoms with E-state index < -0.39 is 0 Å². The molecule has 3 heterocycles. The average molecular weight is 345 g/mol. The highest BCUT2D eigenvalue weighted by Crippen LogP contribution is 2.36. The number of aromatic nitrogens is 2. The van der Waals surface area contributed by atoms with Crippen molar-refractivity contribution in [2.75, 3.05) is 6.79 Å². The van der Waals surface area contributed by atoms with Crippen LogP contribution in [0.5, 0.6) is 11.5 Å². The van der Waals surface area contributed by atoms with Crippen LogP contribution in [-0.2, 0) is 6.54 Å². The molecule has 1 amide bonds. The number of nitrogens with zero attached hydrogens (tertiary/aromatic N) is 2. The first-order valence-electron chi connectivity index (χ1n) is 6.83. The summed E-state index contributed by atoms with van der Waals surface area (Å²) in [6, 6.07) is 7.52. The topological polar surface area (TPSA) is 73.3 Å². The fraction of sp³-hybridized carbons (Fsp3) is 0.133. The second kappa shape index (κ2) is 5.98. The van der Waals surface area contributed by atoms with Crippen molar-refractivity contribution in [2.45, 2.75) is 6.54 Å². The van der Waals surface area contributed by atoms with Crippen LogP contribution in [0.15, 0.2) is 36.7 Å². The van der Waals surface area contributed by atoms with E-state index in [1.165, 1.54) is 22.9 Å². The lowest BCUT2D eigenvalue weighted by molar-refractivity contribution is 0.0955. The van der Waals surface area contributed by atoms with E-state index in [4.69, 9.17) is 9.47 Å². The number of nitrogens with one attached hydrogen (secondary N) is 1. The molecule has 1 aliphatic heterocycles. The largest absolute Gasteiger partial charge is 0.454 e. The van der Waals surface area contributed by atoms with Gasteiger partial charge in [0.1, 0.15) is 9.88 Å². The molecule has 0 radical (unpaired) electrons. The molecule has 1 aromatic carbocycles. The summed E-state index contributed by atoms with van der Waals surface area (Å²) >= 11 is 2.72. The molecule has 0 saturated heterocycles. The number of thiazole rings is 1. The second-order valence-electron chi connectivity index (χ2n) is 4.76. The highest BCUT2D eigenvalue weighted by molar-refractivity contribution is 7.16. The third-order valence-electron chi connectivity index (χ3n) is 3.26. The van der Waals surface area contributed by atoms with Gasteiger partial charge in [-0.25, -0.2) is 9.36 Å². The van der Waals surface area contributed by atoms with Crippen LogP contribution in [0.4, 0.5) is 0 Å². The van der Waals surface area contributed by atoms with E-state index in [0.717, 1.165) is 21.2 Å². The van der Waals surface area contributed by atoms with Crippen molar-refractivity contribution in [1.82, 2.24) is 14.7 Å². The molecule has 23 heavy (non-hydrogen) atoms. The van der Waals surface area contributed by atoms with Crippen LogP contribution in [0.25, 0.3) is 10.6 Å². The molecule has 8 heteroatoms. The Kier molecular flexibility index (Phi) is 3.68. The van der Waals surface area contributed by atoms with Gasteiger partial charge >= 0.3 is 0 Å². The number of hydrogen-bond donors (Lipinski definition) is 1. The predicted octanol–water partition coefficient (Wildman–Crippen LogP) is 2.93. The number of carbonyl (C=O) groups excluding carboxylic acids is 1. The first kappa shape index (κ1) is 14.2. The number of hydrogen-bond acceptors (Lipinski definition) is 7. The highest BCUT2D eigenvalue weighted by Gasteiger charge is 2.16. The van der Waals surface area contributed by atoms with Gasteiger partial charge in [-0.2, -0.15) is 0 Å². The summed E-state index contributed by atoms with van der Waals surface area (Å²) in [5.41, 5.74) is 0.903. The summed E-state index contributed by atoms with van der Waals surface area (Å²) < 4.78 is 14.7. The van der Waals surface area contributed by atoms with Gasteiger partial charge in [0.25, 0.3) is 5.91 Å². The predicted molar refractivity (Wildman–Crippen MR) is 87.0 cm³/mol. The molecule has 0 bridgehead atoms. The Morgan fingerprint density at radius 1 is 1.26 bits per heavy atom. The molecular weight excluding hydrogens is 334 g/mol. The zero-order valence-electron chi connectivity index (χ0n) is 11.8. The van der Waals surface area contributed by atoms with E-state index in [1.54, 1.807) is 12.4 Å². The Morgan fingerprint density at radius 2 is 2.17 bits per heavy atom. The zero-order chi connectivity index (χ0) is 15.6. The van der Waals surface area contributed by atoms with E-state index in [2.05, 4.69) is 14.7 Å². The fourth-order valence-corrected chi connectivity index (χ4v) is 3.47. The second-order valence-corrected chi connectivity index (χ2v) is 6.71. The Morgan fingerprint density at radius 3 is 3.04 bits per heavy atom.